The second-order valence-electron chi connectivity index (χ2n) is 4.12. The van der Waals surface area contributed by atoms with E-state index in [4.69, 9.17) is 21.4 Å². The third-order valence-corrected chi connectivity index (χ3v) is 5.73. The standard InChI is InChI=1S/C11H11BrClNO5S/c12-7-1-2-10(8(13)5-7)20(17,18)14-3-4-19-6-9(14)11(15)16/h1-2,5,9H,3-4,6H2,(H,15,16). The molecule has 1 unspecified atom stereocenters. The minimum absolute atomic E-state index is 0.0221. The molecule has 1 atom stereocenters. The molecule has 0 saturated carbocycles. The van der Waals surface area contributed by atoms with Gasteiger partial charge in [0.1, 0.15) is 10.9 Å². The Morgan fingerprint density at radius 1 is 1.50 bits per heavy atom. The zero-order valence-electron chi connectivity index (χ0n) is 10.1. The molecular formula is C11H11BrClNO5S. The van der Waals surface area contributed by atoms with Gasteiger partial charge < -0.3 is 9.84 Å². The predicted molar refractivity (Wildman–Crippen MR) is 75.3 cm³/mol. The van der Waals surface area contributed by atoms with Crippen LogP contribution in [0.2, 0.25) is 5.02 Å². The average molecular weight is 385 g/mol. The fourth-order valence-electron chi connectivity index (χ4n) is 1.88. The van der Waals surface area contributed by atoms with Crippen LogP contribution in [0.4, 0.5) is 0 Å². The Kier molecular flexibility index (Phi) is 4.70. The first kappa shape index (κ1) is 15.7. The number of hydrogen-bond acceptors (Lipinski definition) is 4. The molecule has 1 heterocycles. The number of carbonyl (C=O) groups is 1. The van der Waals surface area contributed by atoms with E-state index in [1.54, 1.807) is 0 Å². The lowest BCUT2D eigenvalue weighted by atomic mass is 10.3. The highest BCUT2D eigenvalue weighted by Crippen LogP contribution is 2.29. The zero-order valence-corrected chi connectivity index (χ0v) is 13.3. The number of morpholine rings is 1. The molecule has 1 N–H and O–H groups in total. The molecule has 6 nitrogen and oxygen atoms in total. The molecule has 0 spiro atoms. The first-order chi connectivity index (χ1) is 9.34. The number of carboxylic acids is 1. The molecule has 110 valence electrons. The van der Waals surface area contributed by atoms with Crippen molar-refractivity contribution in [2.75, 3.05) is 19.8 Å². The molecule has 1 aliphatic rings. The third kappa shape index (κ3) is 2.99. The fraction of sp³-hybridized carbons (Fsp3) is 0.364. The molecule has 2 rings (SSSR count). The molecule has 20 heavy (non-hydrogen) atoms. The fourth-order valence-corrected chi connectivity index (χ4v) is 4.45. The minimum atomic E-state index is -3.98. The van der Waals surface area contributed by atoms with Gasteiger partial charge in [0.2, 0.25) is 10.0 Å². The number of carboxylic acid groups (broad SMARTS) is 1. The Hall–Kier alpha value is -0.670. The Bertz CT molecular complexity index is 636. The van der Waals surface area contributed by atoms with Crippen molar-refractivity contribution < 1.29 is 23.1 Å². The topological polar surface area (TPSA) is 83.9 Å². The number of hydrogen-bond donors (Lipinski definition) is 1. The van der Waals surface area contributed by atoms with Gasteiger partial charge in [-0.15, -0.1) is 0 Å². The van der Waals surface area contributed by atoms with Gasteiger partial charge >= 0.3 is 5.97 Å². The van der Waals surface area contributed by atoms with Gasteiger partial charge in [-0.25, -0.2) is 8.42 Å². The van der Waals surface area contributed by atoms with Crippen molar-refractivity contribution in [3.63, 3.8) is 0 Å². The molecule has 0 aromatic heterocycles. The maximum absolute atomic E-state index is 12.5. The van der Waals surface area contributed by atoms with E-state index < -0.39 is 22.0 Å². The van der Waals surface area contributed by atoms with Gasteiger partial charge in [-0.05, 0) is 18.2 Å². The van der Waals surface area contributed by atoms with E-state index in [-0.39, 0.29) is 29.7 Å². The summed E-state index contributed by atoms with van der Waals surface area (Å²) in [7, 11) is -3.98. The van der Waals surface area contributed by atoms with Crippen LogP contribution in [0.1, 0.15) is 0 Å². The highest BCUT2D eigenvalue weighted by Gasteiger charge is 2.39. The number of benzene rings is 1. The smallest absolute Gasteiger partial charge is 0.324 e. The van der Waals surface area contributed by atoms with Crippen molar-refractivity contribution >= 4 is 43.5 Å². The molecule has 0 aliphatic carbocycles. The maximum atomic E-state index is 12.5. The summed E-state index contributed by atoms with van der Waals surface area (Å²) in [5, 5.41) is 9.14. The number of nitrogens with zero attached hydrogens (tertiary/aromatic N) is 1. The summed E-state index contributed by atoms with van der Waals surface area (Å²) in [5.41, 5.74) is 0. The molecule has 1 fully saturated rings. The molecule has 0 amide bonds. The summed E-state index contributed by atoms with van der Waals surface area (Å²) in [4.78, 5) is 11.0. The number of halogens is 2. The molecule has 1 aromatic carbocycles. The summed E-state index contributed by atoms with van der Waals surface area (Å²) in [6.07, 6.45) is 0. The van der Waals surface area contributed by atoms with Crippen LogP contribution < -0.4 is 0 Å². The first-order valence-electron chi connectivity index (χ1n) is 5.61. The van der Waals surface area contributed by atoms with E-state index in [9.17, 15) is 13.2 Å². The summed E-state index contributed by atoms with van der Waals surface area (Å²) in [5.74, 6) is -1.25. The third-order valence-electron chi connectivity index (χ3n) is 2.84. The Balaban J connectivity index is 2.45. The Morgan fingerprint density at radius 3 is 2.80 bits per heavy atom. The number of sulfonamides is 1. The van der Waals surface area contributed by atoms with Gasteiger partial charge in [0, 0.05) is 11.0 Å². The van der Waals surface area contributed by atoms with Crippen LogP contribution >= 0.6 is 27.5 Å². The summed E-state index contributed by atoms with van der Waals surface area (Å²) >= 11 is 9.13. The summed E-state index contributed by atoms with van der Waals surface area (Å²) < 4.78 is 31.7. The van der Waals surface area contributed by atoms with Crippen molar-refractivity contribution in [3.8, 4) is 0 Å². The lowest BCUT2D eigenvalue weighted by molar-refractivity contribution is -0.146. The van der Waals surface area contributed by atoms with E-state index >= 15 is 0 Å². The zero-order chi connectivity index (χ0) is 14.9. The predicted octanol–water partition coefficient (Wildman–Crippen LogP) is 1.58. The van der Waals surface area contributed by atoms with E-state index in [0.29, 0.717) is 4.47 Å². The quantitative estimate of drug-likeness (QED) is 0.855. The van der Waals surface area contributed by atoms with Crippen molar-refractivity contribution in [1.29, 1.82) is 0 Å². The van der Waals surface area contributed by atoms with E-state index in [2.05, 4.69) is 15.9 Å². The maximum Gasteiger partial charge on any atom is 0.324 e. The van der Waals surface area contributed by atoms with Gasteiger partial charge in [-0.3, -0.25) is 4.79 Å². The van der Waals surface area contributed by atoms with Gasteiger partial charge in [0.25, 0.3) is 0 Å². The number of aliphatic carboxylic acids is 1. The van der Waals surface area contributed by atoms with Crippen molar-refractivity contribution in [1.82, 2.24) is 4.31 Å². The molecular weight excluding hydrogens is 374 g/mol. The van der Waals surface area contributed by atoms with Crippen LogP contribution in [0.5, 0.6) is 0 Å². The van der Waals surface area contributed by atoms with Crippen LogP contribution in [0.25, 0.3) is 0 Å². The number of rotatable bonds is 3. The highest BCUT2D eigenvalue weighted by molar-refractivity contribution is 9.10. The van der Waals surface area contributed by atoms with Gasteiger partial charge in [0.05, 0.1) is 18.2 Å². The van der Waals surface area contributed by atoms with Gasteiger partial charge in [0.15, 0.2) is 0 Å². The average Bonchev–Trinajstić information content (AvgIpc) is 2.38. The normalized spacial score (nSPS) is 20.8. The lowest BCUT2D eigenvalue weighted by Crippen LogP contribution is -2.52. The second-order valence-corrected chi connectivity index (χ2v) is 7.30. The minimum Gasteiger partial charge on any atom is -0.480 e. The Morgan fingerprint density at radius 2 is 2.20 bits per heavy atom. The van der Waals surface area contributed by atoms with Crippen LogP contribution in [-0.2, 0) is 19.6 Å². The first-order valence-corrected chi connectivity index (χ1v) is 8.22. The van der Waals surface area contributed by atoms with Gasteiger partial charge in [-0.2, -0.15) is 4.31 Å². The summed E-state index contributed by atoms with van der Waals surface area (Å²) in [6, 6.07) is 3.09. The van der Waals surface area contributed by atoms with E-state index in [1.807, 2.05) is 0 Å². The van der Waals surface area contributed by atoms with Crippen LogP contribution in [-0.4, -0.2) is 49.6 Å². The molecule has 1 aromatic rings. The van der Waals surface area contributed by atoms with Crippen molar-refractivity contribution in [2.45, 2.75) is 10.9 Å². The van der Waals surface area contributed by atoms with Gasteiger partial charge in [-0.1, -0.05) is 27.5 Å². The van der Waals surface area contributed by atoms with Crippen molar-refractivity contribution in [2.24, 2.45) is 0 Å². The summed E-state index contributed by atoms with van der Waals surface area (Å²) in [6.45, 7) is -0.0500. The van der Waals surface area contributed by atoms with E-state index in [0.717, 1.165) is 4.31 Å². The SMILES string of the molecule is O=C(O)C1COCCN1S(=O)(=O)c1ccc(Br)cc1Cl. The monoisotopic (exact) mass is 383 g/mol. The van der Waals surface area contributed by atoms with Crippen molar-refractivity contribution in [3.05, 3.63) is 27.7 Å². The molecule has 9 heteroatoms. The van der Waals surface area contributed by atoms with Crippen LogP contribution in [0.3, 0.4) is 0 Å². The largest absolute Gasteiger partial charge is 0.480 e. The molecule has 1 saturated heterocycles. The van der Waals surface area contributed by atoms with E-state index in [1.165, 1.54) is 18.2 Å². The molecule has 1 aliphatic heterocycles. The molecule has 0 radical (unpaired) electrons. The lowest BCUT2D eigenvalue weighted by Gasteiger charge is -2.32. The Labute approximate surface area is 129 Å². The molecule has 0 bridgehead atoms. The van der Waals surface area contributed by atoms with Crippen LogP contribution in [0.15, 0.2) is 27.6 Å². The number of ether oxygens (including phenoxy) is 1. The van der Waals surface area contributed by atoms with Crippen LogP contribution in [0, 0.1) is 0 Å². The highest BCUT2D eigenvalue weighted by atomic mass is 79.9. The second kappa shape index (κ2) is 5.98.